The number of hydrogen-bond acceptors (Lipinski definition) is 2. The summed E-state index contributed by atoms with van der Waals surface area (Å²) in [7, 11) is 0. The molecular formula is C17H26IN5. The Hall–Kier alpha value is -1.31. The Kier molecular flexibility index (Phi) is 6.68. The zero-order chi connectivity index (χ0) is 15.4. The van der Waals surface area contributed by atoms with Gasteiger partial charge in [-0.05, 0) is 37.3 Å². The van der Waals surface area contributed by atoms with E-state index in [0.29, 0.717) is 5.96 Å². The number of nitrogens with two attached hydrogens (primary N) is 1. The Bertz CT molecular complexity index is 651. The molecule has 0 saturated carbocycles. The molecule has 3 rings (SSSR count). The second-order valence-electron chi connectivity index (χ2n) is 6.21. The predicted octanol–water partition coefficient (Wildman–Crippen LogP) is 3.09. The normalized spacial score (nSPS) is 18.9. The molecular weight excluding hydrogens is 401 g/mol. The van der Waals surface area contributed by atoms with Crippen LogP contribution in [0.2, 0.25) is 0 Å². The number of aliphatic imine (C=N–C) groups is 1. The molecule has 0 amide bonds. The number of imidazole rings is 1. The Balaban J connectivity index is 0.00000192. The number of halogens is 1. The molecule has 126 valence electrons. The van der Waals surface area contributed by atoms with Gasteiger partial charge in [-0.1, -0.05) is 19.1 Å². The fourth-order valence-corrected chi connectivity index (χ4v) is 3.12. The maximum absolute atomic E-state index is 6.12. The molecule has 6 heteroatoms. The summed E-state index contributed by atoms with van der Waals surface area (Å²) in [5.74, 6) is 1.43. The van der Waals surface area contributed by atoms with Gasteiger partial charge < -0.3 is 15.2 Å². The molecule has 0 spiro atoms. The first-order chi connectivity index (χ1) is 10.7. The van der Waals surface area contributed by atoms with Crippen LogP contribution in [-0.4, -0.2) is 40.0 Å². The summed E-state index contributed by atoms with van der Waals surface area (Å²) >= 11 is 0. The molecule has 1 fully saturated rings. The van der Waals surface area contributed by atoms with Gasteiger partial charge >= 0.3 is 0 Å². The highest BCUT2D eigenvalue weighted by atomic mass is 127. The van der Waals surface area contributed by atoms with Gasteiger partial charge in [0.15, 0.2) is 5.96 Å². The summed E-state index contributed by atoms with van der Waals surface area (Å²) in [6.07, 6.45) is 5.41. The molecule has 2 aromatic rings. The van der Waals surface area contributed by atoms with Gasteiger partial charge in [0, 0.05) is 26.2 Å². The van der Waals surface area contributed by atoms with E-state index < -0.39 is 0 Å². The van der Waals surface area contributed by atoms with E-state index >= 15 is 0 Å². The third-order valence-electron chi connectivity index (χ3n) is 4.34. The molecule has 1 saturated heterocycles. The van der Waals surface area contributed by atoms with Gasteiger partial charge in [0.05, 0.1) is 17.4 Å². The van der Waals surface area contributed by atoms with Crippen molar-refractivity contribution in [3.63, 3.8) is 0 Å². The van der Waals surface area contributed by atoms with E-state index in [-0.39, 0.29) is 24.0 Å². The Morgan fingerprint density at radius 2 is 2.22 bits per heavy atom. The number of rotatable bonds is 4. The molecule has 23 heavy (non-hydrogen) atoms. The highest BCUT2D eigenvalue weighted by Gasteiger charge is 2.17. The van der Waals surface area contributed by atoms with Crippen molar-refractivity contribution in [3.05, 3.63) is 30.6 Å². The fraction of sp³-hybridized carbons (Fsp3) is 0.529. The number of para-hydroxylation sites is 2. The van der Waals surface area contributed by atoms with Crippen molar-refractivity contribution in [2.45, 2.75) is 32.7 Å². The average Bonchev–Trinajstić information content (AvgIpc) is 2.95. The van der Waals surface area contributed by atoms with Gasteiger partial charge in [0.2, 0.25) is 0 Å². The number of benzene rings is 1. The molecule has 1 aromatic heterocycles. The molecule has 1 aromatic carbocycles. The van der Waals surface area contributed by atoms with Gasteiger partial charge in [-0.25, -0.2) is 4.98 Å². The van der Waals surface area contributed by atoms with Crippen LogP contribution in [0.3, 0.4) is 0 Å². The first-order valence-electron chi connectivity index (χ1n) is 8.19. The van der Waals surface area contributed by atoms with Crippen LogP contribution in [0.1, 0.15) is 26.2 Å². The lowest BCUT2D eigenvalue weighted by Crippen LogP contribution is -2.43. The number of hydrogen-bond donors (Lipinski definition) is 1. The third kappa shape index (κ3) is 4.59. The molecule has 1 aliphatic heterocycles. The van der Waals surface area contributed by atoms with Gasteiger partial charge in [-0.2, -0.15) is 0 Å². The maximum Gasteiger partial charge on any atom is 0.191 e. The number of piperidine rings is 1. The molecule has 2 N–H and O–H groups in total. The average molecular weight is 427 g/mol. The second-order valence-corrected chi connectivity index (χ2v) is 6.21. The van der Waals surface area contributed by atoms with Crippen LogP contribution in [0.5, 0.6) is 0 Å². The lowest BCUT2D eigenvalue weighted by Gasteiger charge is -2.31. The summed E-state index contributed by atoms with van der Waals surface area (Å²) in [6, 6.07) is 8.22. The summed E-state index contributed by atoms with van der Waals surface area (Å²) in [6.45, 7) is 6.06. The SMILES string of the molecule is CC1CCCN(C(N)=NCCCn2cnc3ccccc32)C1.I. The molecule has 2 heterocycles. The molecule has 0 bridgehead atoms. The van der Waals surface area contributed by atoms with E-state index in [1.54, 1.807) is 0 Å². The second kappa shape index (κ2) is 8.52. The van der Waals surface area contributed by atoms with Crippen molar-refractivity contribution in [3.8, 4) is 0 Å². The molecule has 1 aliphatic rings. The molecule has 0 radical (unpaired) electrons. The van der Waals surface area contributed by atoms with Gasteiger partial charge in [-0.3, -0.25) is 4.99 Å². The smallest absolute Gasteiger partial charge is 0.191 e. The minimum atomic E-state index is 0. The minimum absolute atomic E-state index is 0. The van der Waals surface area contributed by atoms with E-state index in [4.69, 9.17) is 5.73 Å². The number of aryl methyl sites for hydroxylation is 1. The predicted molar refractivity (Wildman–Crippen MR) is 106 cm³/mol. The number of guanidine groups is 1. The summed E-state index contributed by atoms with van der Waals surface area (Å²) in [5.41, 5.74) is 8.35. The Morgan fingerprint density at radius 3 is 3.04 bits per heavy atom. The van der Waals surface area contributed by atoms with E-state index in [1.807, 2.05) is 24.5 Å². The van der Waals surface area contributed by atoms with Gasteiger partial charge in [-0.15, -0.1) is 24.0 Å². The zero-order valence-electron chi connectivity index (χ0n) is 13.7. The number of nitrogens with zero attached hydrogens (tertiary/aromatic N) is 4. The van der Waals surface area contributed by atoms with E-state index in [1.165, 1.54) is 18.4 Å². The van der Waals surface area contributed by atoms with Crippen molar-refractivity contribution in [1.82, 2.24) is 14.5 Å². The van der Waals surface area contributed by atoms with Crippen molar-refractivity contribution in [2.24, 2.45) is 16.6 Å². The Labute approximate surface area is 155 Å². The number of fused-ring (bicyclic) bond motifs is 1. The van der Waals surface area contributed by atoms with Gasteiger partial charge in [0.1, 0.15) is 0 Å². The fourth-order valence-electron chi connectivity index (χ4n) is 3.12. The van der Waals surface area contributed by atoms with Crippen LogP contribution in [-0.2, 0) is 6.54 Å². The molecule has 5 nitrogen and oxygen atoms in total. The van der Waals surface area contributed by atoms with Crippen LogP contribution in [0, 0.1) is 5.92 Å². The molecule has 1 unspecified atom stereocenters. The molecule has 1 atom stereocenters. The van der Waals surface area contributed by atoms with E-state index in [0.717, 1.165) is 44.0 Å². The minimum Gasteiger partial charge on any atom is -0.370 e. The first kappa shape index (κ1) is 18.0. The van der Waals surface area contributed by atoms with Crippen LogP contribution >= 0.6 is 24.0 Å². The number of likely N-dealkylation sites (tertiary alicyclic amines) is 1. The van der Waals surface area contributed by atoms with Crippen LogP contribution < -0.4 is 5.73 Å². The van der Waals surface area contributed by atoms with Crippen LogP contribution in [0.15, 0.2) is 35.6 Å². The third-order valence-corrected chi connectivity index (χ3v) is 4.34. The monoisotopic (exact) mass is 427 g/mol. The standard InChI is InChI=1S/C17H25N5.HI/c1-14-6-4-10-21(12-14)17(18)19-9-5-11-22-13-20-15-7-2-3-8-16(15)22;/h2-3,7-8,13-14H,4-6,9-12H2,1H3,(H2,18,19);1H. The molecule has 0 aliphatic carbocycles. The lowest BCUT2D eigenvalue weighted by molar-refractivity contribution is 0.270. The maximum atomic E-state index is 6.12. The Morgan fingerprint density at radius 1 is 1.39 bits per heavy atom. The van der Waals surface area contributed by atoms with E-state index in [2.05, 4.69) is 32.4 Å². The van der Waals surface area contributed by atoms with Crippen LogP contribution in [0.25, 0.3) is 11.0 Å². The van der Waals surface area contributed by atoms with Crippen molar-refractivity contribution in [1.29, 1.82) is 0 Å². The zero-order valence-corrected chi connectivity index (χ0v) is 16.0. The summed E-state index contributed by atoms with van der Waals surface area (Å²) < 4.78 is 2.18. The lowest BCUT2D eigenvalue weighted by atomic mass is 10.0. The highest BCUT2D eigenvalue weighted by Crippen LogP contribution is 2.15. The number of aromatic nitrogens is 2. The highest BCUT2D eigenvalue weighted by molar-refractivity contribution is 14.0. The van der Waals surface area contributed by atoms with Crippen molar-refractivity contribution >= 4 is 41.0 Å². The van der Waals surface area contributed by atoms with Crippen molar-refractivity contribution < 1.29 is 0 Å². The first-order valence-corrected chi connectivity index (χ1v) is 8.19. The summed E-state index contributed by atoms with van der Waals surface area (Å²) in [5, 5.41) is 0. The topological polar surface area (TPSA) is 59.4 Å². The largest absolute Gasteiger partial charge is 0.370 e. The van der Waals surface area contributed by atoms with Crippen molar-refractivity contribution in [2.75, 3.05) is 19.6 Å². The van der Waals surface area contributed by atoms with E-state index in [9.17, 15) is 0 Å². The van der Waals surface area contributed by atoms with Crippen LogP contribution in [0.4, 0.5) is 0 Å². The summed E-state index contributed by atoms with van der Waals surface area (Å²) in [4.78, 5) is 11.2. The quantitative estimate of drug-likeness (QED) is 0.353. The van der Waals surface area contributed by atoms with Gasteiger partial charge in [0.25, 0.3) is 0 Å².